The Morgan fingerprint density at radius 2 is 1.87 bits per heavy atom. The van der Waals surface area contributed by atoms with Crippen LogP contribution in [0.4, 0.5) is 0 Å². The van der Waals surface area contributed by atoms with Gasteiger partial charge in [0.05, 0.1) is 0 Å². The van der Waals surface area contributed by atoms with Crippen LogP contribution in [-0.2, 0) is 9.68 Å². The molecule has 0 aliphatic carbocycles. The van der Waals surface area contributed by atoms with Crippen LogP contribution in [-0.4, -0.2) is 22.6 Å². The molecule has 5 heteroatoms. The second-order valence-electron chi connectivity index (χ2n) is 4.84. The zero-order valence-corrected chi connectivity index (χ0v) is 10.3. The standard InChI is InChI=1S/C5H8ClNO.C5H9NO/c1-5(2)3-4(6)7-8-5;1-5(2)3-4-6-7-5/h3H2,1-2H3;4H,3H2,1-2H3. The van der Waals surface area contributed by atoms with Crippen molar-refractivity contribution < 1.29 is 9.68 Å². The van der Waals surface area contributed by atoms with Gasteiger partial charge in [-0.3, -0.25) is 0 Å². The van der Waals surface area contributed by atoms with Crippen LogP contribution in [0.25, 0.3) is 0 Å². The first kappa shape index (κ1) is 12.3. The third-order valence-electron chi connectivity index (χ3n) is 1.92. The molecule has 0 amide bonds. The summed E-state index contributed by atoms with van der Waals surface area (Å²) in [5, 5.41) is 7.75. The lowest BCUT2D eigenvalue weighted by Crippen LogP contribution is -2.17. The highest BCUT2D eigenvalue weighted by Gasteiger charge is 2.27. The molecule has 0 atom stereocenters. The molecule has 0 bridgehead atoms. The zero-order chi connectivity index (χ0) is 11.5. The summed E-state index contributed by atoms with van der Waals surface area (Å²) in [6, 6.07) is 0. The summed E-state index contributed by atoms with van der Waals surface area (Å²) < 4.78 is 0. The van der Waals surface area contributed by atoms with Gasteiger partial charge in [-0.1, -0.05) is 21.9 Å². The van der Waals surface area contributed by atoms with E-state index in [1.807, 2.05) is 27.7 Å². The first-order chi connectivity index (χ1) is 6.81. The second-order valence-corrected chi connectivity index (χ2v) is 5.27. The van der Waals surface area contributed by atoms with Crippen molar-refractivity contribution in [3.63, 3.8) is 0 Å². The monoisotopic (exact) mass is 232 g/mol. The molecule has 0 aromatic heterocycles. The maximum Gasteiger partial charge on any atom is 0.149 e. The Morgan fingerprint density at radius 3 is 2.00 bits per heavy atom. The van der Waals surface area contributed by atoms with Gasteiger partial charge in [0, 0.05) is 19.1 Å². The molecule has 15 heavy (non-hydrogen) atoms. The molecule has 0 N–H and O–H groups in total. The highest BCUT2D eigenvalue weighted by molar-refractivity contribution is 6.65. The van der Waals surface area contributed by atoms with Crippen molar-refractivity contribution >= 4 is 23.0 Å². The predicted molar refractivity (Wildman–Crippen MR) is 61.3 cm³/mol. The Labute approximate surface area is 95.2 Å². The maximum absolute atomic E-state index is 5.52. The Bertz CT molecular complexity index is 275. The van der Waals surface area contributed by atoms with Gasteiger partial charge in [-0.15, -0.1) is 0 Å². The summed E-state index contributed by atoms with van der Waals surface area (Å²) in [4.78, 5) is 9.82. The number of hydrogen-bond acceptors (Lipinski definition) is 4. The fraction of sp³-hybridized carbons (Fsp3) is 0.800. The lowest BCUT2D eigenvalue weighted by atomic mass is 10.1. The van der Waals surface area contributed by atoms with Crippen LogP contribution in [0.3, 0.4) is 0 Å². The first-order valence-corrected chi connectivity index (χ1v) is 5.29. The summed E-state index contributed by atoms with van der Waals surface area (Å²) in [6.07, 6.45) is 3.46. The van der Waals surface area contributed by atoms with Crippen LogP contribution in [0, 0.1) is 0 Å². The lowest BCUT2D eigenvalue weighted by Gasteiger charge is -2.12. The summed E-state index contributed by atoms with van der Waals surface area (Å²) in [6.45, 7) is 7.93. The third kappa shape index (κ3) is 4.51. The number of nitrogens with zero attached hydrogens (tertiary/aromatic N) is 2. The van der Waals surface area contributed by atoms with Crippen LogP contribution in [0.15, 0.2) is 10.3 Å². The van der Waals surface area contributed by atoms with Crippen molar-refractivity contribution in [2.45, 2.75) is 51.7 Å². The van der Waals surface area contributed by atoms with E-state index in [4.69, 9.17) is 21.3 Å². The van der Waals surface area contributed by atoms with Gasteiger partial charge in [0.15, 0.2) is 0 Å². The molecule has 4 nitrogen and oxygen atoms in total. The summed E-state index contributed by atoms with van der Waals surface area (Å²) >= 11 is 5.52. The average molecular weight is 233 g/mol. The molecule has 0 unspecified atom stereocenters. The summed E-state index contributed by atoms with van der Waals surface area (Å²) in [7, 11) is 0. The van der Waals surface area contributed by atoms with Crippen molar-refractivity contribution in [1.29, 1.82) is 0 Å². The lowest BCUT2D eigenvalue weighted by molar-refractivity contribution is 0.0120. The average Bonchev–Trinajstić information content (AvgIpc) is 2.59. The van der Waals surface area contributed by atoms with Gasteiger partial charge in [-0.25, -0.2) is 0 Å². The van der Waals surface area contributed by atoms with Gasteiger partial charge >= 0.3 is 0 Å². The van der Waals surface area contributed by atoms with Crippen molar-refractivity contribution in [2.75, 3.05) is 0 Å². The molecule has 86 valence electrons. The van der Waals surface area contributed by atoms with Crippen LogP contribution in [0.1, 0.15) is 40.5 Å². The number of hydrogen-bond donors (Lipinski definition) is 0. The smallest absolute Gasteiger partial charge is 0.149 e. The van der Waals surface area contributed by atoms with E-state index in [2.05, 4.69) is 10.3 Å². The van der Waals surface area contributed by atoms with Crippen molar-refractivity contribution in [2.24, 2.45) is 10.3 Å². The summed E-state index contributed by atoms with van der Waals surface area (Å²) in [5.41, 5.74) is -0.197. The maximum atomic E-state index is 5.52. The van der Waals surface area contributed by atoms with E-state index < -0.39 is 0 Å². The van der Waals surface area contributed by atoms with Crippen molar-refractivity contribution in [3.05, 3.63) is 0 Å². The highest BCUT2D eigenvalue weighted by Crippen LogP contribution is 2.23. The minimum atomic E-state index is -0.170. The van der Waals surface area contributed by atoms with Crippen LogP contribution in [0.2, 0.25) is 0 Å². The SMILES string of the molecule is CC1(C)CC(Cl)=NO1.CC1(C)CC=NO1. The van der Waals surface area contributed by atoms with Crippen molar-refractivity contribution in [1.82, 2.24) is 0 Å². The van der Waals surface area contributed by atoms with E-state index in [1.165, 1.54) is 0 Å². The molecule has 2 heterocycles. The Hall–Kier alpha value is -0.770. The van der Waals surface area contributed by atoms with Gasteiger partial charge in [-0.2, -0.15) is 0 Å². The van der Waals surface area contributed by atoms with Gasteiger partial charge in [0.2, 0.25) is 0 Å². The van der Waals surface area contributed by atoms with E-state index in [0.717, 1.165) is 12.8 Å². The molecule has 0 aromatic rings. The topological polar surface area (TPSA) is 43.2 Å². The van der Waals surface area contributed by atoms with E-state index in [-0.39, 0.29) is 11.2 Å². The molecule has 0 spiro atoms. The Kier molecular flexibility index (Phi) is 3.60. The van der Waals surface area contributed by atoms with E-state index in [0.29, 0.717) is 5.17 Å². The minimum Gasteiger partial charge on any atom is -0.390 e. The molecule has 0 saturated carbocycles. The molecular weight excluding hydrogens is 216 g/mol. The highest BCUT2D eigenvalue weighted by atomic mass is 35.5. The largest absolute Gasteiger partial charge is 0.390 e. The Morgan fingerprint density at radius 1 is 1.20 bits per heavy atom. The normalized spacial score (nSPS) is 24.7. The predicted octanol–water partition coefficient (Wildman–Crippen LogP) is 2.91. The van der Waals surface area contributed by atoms with Gasteiger partial charge in [-0.05, 0) is 27.7 Å². The van der Waals surface area contributed by atoms with Gasteiger partial charge in [0.1, 0.15) is 16.4 Å². The molecule has 0 radical (unpaired) electrons. The number of oxime groups is 2. The fourth-order valence-electron chi connectivity index (χ4n) is 1.06. The second kappa shape index (κ2) is 4.39. The minimum absolute atomic E-state index is 0.0278. The molecule has 2 rings (SSSR count). The van der Waals surface area contributed by atoms with Gasteiger partial charge in [0.25, 0.3) is 0 Å². The fourth-order valence-corrected chi connectivity index (χ4v) is 1.42. The molecule has 2 aliphatic rings. The molecular formula is C10H17ClN2O2. The summed E-state index contributed by atoms with van der Waals surface area (Å²) in [5.74, 6) is 0. The first-order valence-electron chi connectivity index (χ1n) is 4.91. The van der Waals surface area contributed by atoms with Crippen LogP contribution in [0.5, 0.6) is 0 Å². The molecule has 0 aromatic carbocycles. The van der Waals surface area contributed by atoms with E-state index >= 15 is 0 Å². The quantitative estimate of drug-likeness (QED) is 0.645. The zero-order valence-electron chi connectivity index (χ0n) is 9.58. The molecule has 0 saturated heterocycles. The van der Waals surface area contributed by atoms with Gasteiger partial charge < -0.3 is 9.68 Å². The Balaban J connectivity index is 0.000000151. The number of rotatable bonds is 0. The third-order valence-corrected chi connectivity index (χ3v) is 2.12. The van der Waals surface area contributed by atoms with Crippen LogP contribution < -0.4 is 0 Å². The van der Waals surface area contributed by atoms with Crippen LogP contribution >= 0.6 is 11.6 Å². The van der Waals surface area contributed by atoms with E-state index in [9.17, 15) is 0 Å². The number of halogens is 1. The van der Waals surface area contributed by atoms with Crippen molar-refractivity contribution in [3.8, 4) is 0 Å². The molecule has 0 fully saturated rings. The molecule has 2 aliphatic heterocycles. The van der Waals surface area contributed by atoms with E-state index in [1.54, 1.807) is 6.21 Å².